The van der Waals surface area contributed by atoms with Crippen LogP contribution >= 0.6 is 0 Å². The van der Waals surface area contributed by atoms with E-state index in [4.69, 9.17) is 9.84 Å². The molecule has 0 aliphatic rings. The second-order valence-corrected chi connectivity index (χ2v) is 6.88. The molecule has 0 aliphatic heterocycles. The number of nitrogens with zero attached hydrogens (tertiary/aromatic N) is 1. The van der Waals surface area contributed by atoms with Crippen LogP contribution in [-0.4, -0.2) is 52.8 Å². The number of likely N-dealkylation sites (N-methyl/N-ethyl adjacent to an activating group) is 1. The van der Waals surface area contributed by atoms with Crippen molar-refractivity contribution in [1.29, 1.82) is 0 Å². The number of hydrogen-bond donors (Lipinski definition) is 2. The Bertz CT molecular complexity index is 683. The lowest BCUT2D eigenvalue weighted by Gasteiger charge is -2.38. The maximum Gasteiger partial charge on any atom is 0.410 e. The quantitative estimate of drug-likeness (QED) is 0.685. The Morgan fingerprint density at radius 1 is 1.23 bits per heavy atom. The molecule has 1 unspecified atom stereocenters. The average molecular weight is 365 g/mol. The van der Waals surface area contributed by atoms with E-state index in [1.165, 1.54) is 19.2 Å². The van der Waals surface area contributed by atoms with Gasteiger partial charge in [0.15, 0.2) is 0 Å². The van der Waals surface area contributed by atoms with Gasteiger partial charge in [0.2, 0.25) is 0 Å². The minimum atomic E-state index is -1.17. The van der Waals surface area contributed by atoms with Gasteiger partial charge in [0, 0.05) is 12.5 Å². The van der Waals surface area contributed by atoms with Crippen molar-refractivity contribution in [3.63, 3.8) is 0 Å². The third kappa shape index (κ3) is 4.74. The molecule has 0 heterocycles. The standard InChI is InChI=1S/C19H27NO6/c1-6-7-10-26-18(25)20(5)15(17(23)24)19(3,4)14-9-8-13(16(21)22)11-12(14)2/h8-9,11,15H,6-7,10H2,1-5H3,(H,21,22)(H,23,24). The molecule has 144 valence electrons. The number of benzene rings is 1. The fourth-order valence-electron chi connectivity index (χ4n) is 3.14. The van der Waals surface area contributed by atoms with Gasteiger partial charge in [-0.1, -0.05) is 33.3 Å². The molecule has 2 N–H and O–H groups in total. The Kier molecular flexibility index (Phi) is 7.18. The molecule has 1 atom stereocenters. The number of rotatable bonds is 8. The van der Waals surface area contributed by atoms with E-state index < -0.39 is 29.5 Å². The van der Waals surface area contributed by atoms with E-state index in [1.54, 1.807) is 26.8 Å². The third-order valence-corrected chi connectivity index (χ3v) is 4.48. The van der Waals surface area contributed by atoms with Crippen molar-refractivity contribution in [2.24, 2.45) is 0 Å². The summed E-state index contributed by atoms with van der Waals surface area (Å²) in [7, 11) is 1.40. The first-order chi connectivity index (χ1) is 12.0. The van der Waals surface area contributed by atoms with Crippen LogP contribution in [0, 0.1) is 6.92 Å². The molecule has 26 heavy (non-hydrogen) atoms. The highest BCUT2D eigenvalue weighted by Gasteiger charge is 2.43. The molecule has 1 amide bonds. The van der Waals surface area contributed by atoms with Gasteiger partial charge in [-0.05, 0) is 36.6 Å². The van der Waals surface area contributed by atoms with Crippen molar-refractivity contribution in [2.75, 3.05) is 13.7 Å². The number of unbranched alkanes of at least 4 members (excludes halogenated alkanes) is 1. The molecule has 7 heteroatoms. The van der Waals surface area contributed by atoms with Crippen LogP contribution in [0.3, 0.4) is 0 Å². The van der Waals surface area contributed by atoms with Crippen molar-refractivity contribution in [2.45, 2.75) is 52.0 Å². The molecular formula is C19H27NO6. The predicted octanol–water partition coefficient (Wildman–Crippen LogP) is 3.29. The first-order valence-corrected chi connectivity index (χ1v) is 8.50. The summed E-state index contributed by atoms with van der Waals surface area (Å²) in [5.74, 6) is -2.21. The van der Waals surface area contributed by atoms with E-state index in [-0.39, 0.29) is 12.2 Å². The van der Waals surface area contributed by atoms with E-state index in [1.807, 2.05) is 6.92 Å². The van der Waals surface area contributed by atoms with Crippen LogP contribution in [0.25, 0.3) is 0 Å². The van der Waals surface area contributed by atoms with Gasteiger partial charge in [0.25, 0.3) is 0 Å². The first-order valence-electron chi connectivity index (χ1n) is 8.50. The Morgan fingerprint density at radius 3 is 2.31 bits per heavy atom. The largest absolute Gasteiger partial charge is 0.480 e. The fraction of sp³-hybridized carbons (Fsp3) is 0.526. The molecular weight excluding hydrogens is 338 g/mol. The molecule has 1 aromatic rings. The second kappa shape index (κ2) is 8.69. The number of amides is 1. The van der Waals surface area contributed by atoms with Crippen LogP contribution < -0.4 is 0 Å². The van der Waals surface area contributed by atoms with E-state index in [0.717, 1.165) is 11.3 Å². The van der Waals surface area contributed by atoms with Crippen LogP contribution in [-0.2, 0) is 14.9 Å². The number of aromatic carboxylic acids is 1. The number of carbonyl (C=O) groups excluding carboxylic acids is 1. The summed E-state index contributed by atoms with van der Waals surface area (Å²) in [6, 6.07) is 3.36. The van der Waals surface area contributed by atoms with E-state index in [0.29, 0.717) is 17.5 Å². The van der Waals surface area contributed by atoms with Gasteiger partial charge in [0.1, 0.15) is 6.04 Å². The molecule has 0 bridgehead atoms. The first kappa shape index (κ1) is 21.5. The van der Waals surface area contributed by atoms with Gasteiger partial charge in [-0.3, -0.25) is 4.90 Å². The Hall–Kier alpha value is -2.57. The van der Waals surface area contributed by atoms with E-state index in [9.17, 15) is 19.5 Å². The molecule has 1 rings (SSSR count). The topological polar surface area (TPSA) is 104 Å². The van der Waals surface area contributed by atoms with Crippen molar-refractivity contribution < 1.29 is 29.3 Å². The summed E-state index contributed by atoms with van der Waals surface area (Å²) >= 11 is 0. The summed E-state index contributed by atoms with van der Waals surface area (Å²) in [5, 5.41) is 18.9. The summed E-state index contributed by atoms with van der Waals surface area (Å²) in [5.41, 5.74) is 0.462. The minimum absolute atomic E-state index is 0.126. The molecule has 0 fully saturated rings. The number of carboxylic acids is 2. The molecule has 0 aromatic heterocycles. The van der Waals surface area contributed by atoms with Crippen molar-refractivity contribution in [1.82, 2.24) is 4.90 Å². The molecule has 0 aliphatic carbocycles. The lowest BCUT2D eigenvalue weighted by atomic mass is 9.75. The molecule has 0 saturated carbocycles. The smallest absolute Gasteiger partial charge is 0.410 e. The highest BCUT2D eigenvalue weighted by atomic mass is 16.6. The third-order valence-electron chi connectivity index (χ3n) is 4.48. The van der Waals surface area contributed by atoms with Gasteiger partial charge in [-0.15, -0.1) is 0 Å². The Morgan fingerprint density at radius 2 is 1.85 bits per heavy atom. The zero-order valence-electron chi connectivity index (χ0n) is 15.9. The number of hydrogen-bond acceptors (Lipinski definition) is 4. The van der Waals surface area contributed by atoms with Crippen LogP contribution in [0.1, 0.15) is 55.1 Å². The van der Waals surface area contributed by atoms with Gasteiger partial charge >= 0.3 is 18.0 Å². The molecule has 0 radical (unpaired) electrons. The second-order valence-electron chi connectivity index (χ2n) is 6.88. The maximum absolute atomic E-state index is 12.2. The van der Waals surface area contributed by atoms with Gasteiger partial charge in [-0.2, -0.15) is 0 Å². The van der Waals surface area contributed by atoms with Crippen LogP contribution in [0.5, 0.6) is 0 Å². The zero-order valence-corrected chi connectivity index (χ0v) is 15.9. The molecule has 1 aromatic carbocycles. The number of carbonyl (C=O) groups is 3. The Labute approximate surface area is 153 Å². The molecule has 0 spiro atoms. The number of aryl methyl sites for hydroxylation is 1. The van der Waals surface area contributed by atoms with Gasteiger partial charge in [0.05, 0.1) is 12.2 Å². The normalized spacial score (nSPS) is 12.3. The van der Waals surface area contributed by atoms with Crippen molar-refractivity contribution in [3.8, 4) is 0 Å². The molecule has 7 nitrogen and oxygen atoms in total. The maximum atomic E-state index is 12.2. The van der Waals surface area contributed by atoms with Gasteiger partial charge in [-0.25, -0.2) is 14.4 Å². The number of ether oxygens (including phenoxy) is 1. The summed E-state index contributed by atoms with van der Waals surface area (Å²) < 4.78 is 5.13. The van der Waals surface area contributed by atoms with Crippen LogP contribution in [0.2, 0.25) is 0 Å². The van der Waals surface area contributed by atoms with Crippen LogP contribution in [0.4, 0.5) is 4.79 Å². The predicted molar refractivity (Wildman–Crippen MR) is 96.6 cm³/mol. The summed E-state index contributed by atoms with van der Waals surface area (Å²) in [4.78, 5) is 36.4. The SMILES string of the molecule is CCCCOC(=O)N(C)C(C(=O)O)C(C)(C)c1ccc(C(=O)O)cc1C. The number of aliphatic carboxylic acids is 1. The lowest BCUT2D eigenvalue weighted by molar-refractivity contribution is -0.144. The van der Waals surface area contributed by atoms with Gasteiger partial charge < -0.3 is 14.9 Å². The van der Waals surface area contributed by atoms with E-state index in [2.05, 4.69) is 0 Å². The van der Waals surface area contributed by atoms with Crippen LogP contribution in [0.15, 0.2) is 18.2 Å². The van der Waals surface area contributed by atoms with Crippen molar-refractivity contribution >= 4 is 18.0 Å². The zero-order chi connectivity index (χ0) is 20.1. The average Bonchev–Trinajstić information content (AvgIpc) is 2.53. The monoisotopic (exact) mass is 365 g/mol. The number of carboxylic acid groups (broad SMARTS) is 2. The van der Waals surface area contributed by atoms with E-state index >= 15 is 0 Å². The molecule has 0 saturated heterocycles. The minimum Gasteiger partial charge on any atom is -0.480 e. The summed E-state index contributed by atoms with van der Waals surface area (Å²) in [6.07, 6.45) is 0.870. The fourth-order valence-corrected chi connectivity index (χ4v) is 3.14. The summed E-state index contributed by atoms with van der Waals surface area (Å²) in [6.45, 7) is 7.35. The highest BCUT2D eigenvalue weighted by molar-refractivity contribution is 5.88. The van der Waals surface area contributed by atoms with Crippen molar-refractivity contribution in [3.05, 3.63) is 34.9 Å². The highest BCUT2D eigenvalue weighted by Crippen LogP contribution is 2.33. The Balaban J connectivity index is 3.20. The lowest BCUT2D eigenvalue weighted by Crippen LogP contribution is -2.53.